The summed E-state index contributed by atoms with van der Waals surface area (Å²) in [6, 6.07) is 0. The van der Waals surface area contributed by atoms with Gasteiger partial charge in [-0.15, -0.1) is 0 Å². The van der Waals surface area contributed by atoms with Gasteiger partial charge in [-0.3, -0.25) is 5.21 Å². The van der Waals surface area contributed by atoms with Crippen LogP contribution in [-0.2, 0) is 0 Å². The molecular formula is C8H18NO+. The van der Waals surface area contributed by atoms with Gasteiger partial charge in [0.25, 0.3) is 0 Å². The van der Waals surface area contributed by atoms with Crippen molar-refractivity contribution >= 4 is 5.71 Å². The molecule has 0 amide bonds. The second kappa shape index (κ2) is 4.31. The van der Waals surface area contributed by atoms with Gasteiger partial charge >= 0.3 is 0 Å². The molecule has 0 heterocycles. The maximum absolute atomic E-state index is 9.11. The predicted octanol–water partition coefficient (Wildman–Crippen LogP) is 1.91. The Labute approximate surface area is 63.1 Å². The molecule has 0 aromatic carbocycles. The van der Waals surface area contributed by atoms with E-state index in [1.165, 1.54) is 4.74 Å². The Kier molecular flexibility index (Phi) is 4.08. The normalized spacial score (nSPS) is 13.7. The lowest BCUT2D eigenvalue weighted by Gasteiger charge is -2.02. The number of hydroxylamine groups is 1. The van der Waals surface area contributed by atoms with Crippen LogP contribution in [-0.4, -0.2) is 22.7 Å². The lowest BCUT2D eigenvalue weighted by atomic mass is 10.0. The summed E-state index contributed by atoms with van der Waals surface area (Å²) in [5, 5.41) is 9.11. The third-order valence-electron chi connectivity index (χ3n) is 1.59. The molecular weight excluding hydrogens is 126 g/mol. The maximum atomic E-state index is 9.11. The monoisotopic (exact) mass is 144 g/mol. The van der Waals surface area contributed by atoms with Crippen molar-refractivity contribution in [2.75, 3.05) is 7.05 Å². The largest absolute Gasteiger partial charge is 0.291 e. The molecule has 0 saturated heterocycles. The molecule has 0 aliphatic carbocycles. The Morgan fingerprint density at radius 2 is 2.00 bits per heavy atom. The predicted molar refractivity (Wildman–Crippen MR) is 42.7 cm³/mol. The van der Waals surface area contributed by atoms with Gasteiger partial charge < -0.3 is 0 Å². The second-order valence-corrected chi connectivity index (χ2v) is 2.92. The first-order valence-electron chi connectivity index (χ1n) is 3.87. The summed E-state index contributed by atoms with van der Waals surface area (Å²) >= 11 is 0. The van der Waals surface area contributed by atoms with E-state index in [2.05, 4.69) is 20.8 Å². The van der Waals surface area contributed by atoms with E-state index in [0.29, 0.717) is 5.92 Å². The standard InChI is InChI=1S/C8H18NO/c1-5-6-8(7(2)3)9(4)10/h7,10H,5-6H2,1-4H3/q+1. The number of hydrogen-bond acceptors (Lipinski definition) is 1. The summed E-state index contributed by atoms with van der Waals surface area (Å²) in [5.41, 5.74) is 1.11. The molecule has 0 fully saturated rings. The fraction of sp³-hybridized carbons (Fsp3) is 0.875. The molecule has 0 aromatic heterocycles. The minimum atomic E-state index is 0.454. The summed E-state index contributed by atoms with van der Waals surface area (Å²) in [5.74, 6) is 0.454. The van der Waals surface area contributed by atoms with Crippen LogP contribution in [0.4, 0.5) is 0 Å². The summed E-state index contributed by atoms with van der Waals surface area (Å²) in [4.78, 5) is 0. The van der Waals surface area contributed by atoms with Crippen molar-refractivity contribution in [3.05, 3.63) is 0 Å². The third kappa shape index (κ3) is 2.85. The van der Waals surface area contributed by atoms with Crippen molar-refractivity contribution < 1.29 is 9.95 Å². The average molecular weight is 144 g/mol. The van der Waals surface area contributed by atoms with Gasteiger partial charge in [0.2, 0.25) is 5.71 Å². The fourth-order valence-corrected chi connectivity index (χ4v) is 1.08. The van der Waals surface area contributed by atoms with Gasteiger partial charge in [0.1, 0.15) is 0 Å². The first-order chi connectivity index (χ1) is 4.59. The lowest BCUT2D eigenvalue weighted by molar-refractivity contribution is -0.756. The molecule has 0 spiro atoms. The third-order valence-corrected chi connectivity index (χ3v) is 1.59. The van der Waals surface area contributed by atoms with Crippen molar-refractivity contribution in [3.8, 4) is 0 Å². The highest BCUT2D eigenvalue weighted by molar-refractivity contribution is 5.81. The second-order valence-electron chi connectivity index (χ2n) is 2.92. The number of hydrogen-bond donors (Lipinski definition) is 1. The molecule has 0 bridgehead atoms. The highest BCUT2D eigenvalue weighted by atomic mass is 16.5. The van der Waals surface area contributed by atoms with Crippen LogP contribution in [0.25, 0.3) is 0 Å². The van der Waals surface area contributed by atoms with E-state index in [0.717, 1.165) is 18.6 Å². The average Bonchev–Trinajstić information content (AvgIpc) is 1.81. The first kappa shape index (κ1) is 9.47. The zero-order valence-electron chi connectivity index (χ0n) is 7.39. The van der Waals surface area contributed by atoms with E-state index in [-0.39, 0.29) is 0 Å². The molecule has 2 heteroatoms. The zero-order chi connectivity index (χ0) is 8.15. The Hall–Kier alpha value is -0.530. The highest BCUT2D eigenvalue weighted by Gasteiger charge is 2.13. The molecule has 0 unspecified atom stereocenters. The van der Waals surface area contributed by atoms with Gasteiger partial charge in [-0.1, -0.05) is 20.8 Å². The van der Waals surface area contributed by atoms with Crippen molar-refractivity contribution in [3.63, 3.8) is 0 Å². The van der Waals surface area contributed by atoms with Gasteiger partial charge in [-0.25, -0.2) is 0 Å². The smallest absolute Gasteiger partial charge is 0.206 e. The molecule has 2 nitrogen and oxygen atoms in total. The Balaban J connectivity index is 4.13. The van der Waals surface area contributed by atoms with E-state index in [1.54, 1.807) is 7.05 Å². The Morgan fingerprint density at radius 1 is 1.50 bits per heavy atom. The summed E-state index contributed by atoms with van der Waals surface area (Å²) in [6.45, 7) is 6.31. The highest BCUT2D eigenvalue weighted by Crippen LogP contribution is 2.02. The molecule has 0 rings (SSSR count). The SMILES string of the molecule is CCCC(C(C)C)=[N+](C)O. The molecule has 0 saturated carbocycles. The lowest BCUT2D eigenvalue weighted by Crippen LogP contribution is -2.19. The minimum absolute atomic E-state index is 0.454. The van der Waals surface area contributed by atoms with Crippen LogP contribution in [0.2, 0.25) is 0 Å². The number of nitrogens with zero attached hydrogens (tertiary/aromatic N) is 1. The summed E-state index contributed by atoms with van der Waals surface area (Å²) in [6.07, 6.45) is 2.09. The van der Waals surface area contributed by atoms with Gasteiger partial charge in [0.05, 0.1) is 0 Å². The van der Waals surface area contributed by atoms with Crippen molar-refractivity contribution in [1.29, 1.82) is 0 Å². The van der Waals surface area contributed by atoms with Gasteiger partial charge in [0.15, 0.2) is 7.05 Å². The molecule has 0 aromatic rings. The molecule has 0 atom stereocenters. The van der Waals surface area contributed by atoms with Gasteiger partial charge in [-0.2, -0.15) is 0 Å². The van der Waals surface area contributed by atoms with E-state index in [9.17, 15) is 0 Å². The summed E-state index contributed by atoms with van der Waals surface area (Å²) in [7, 11) is 1.69. The minimum Gasteiger partial charge on any atom is -0.291 e. The van der Waals surface area contributed by atoms with Crippen LogP contribution in [0.5, 0.6) is 0 Å². The maximum Gasteiger partial charge on any atom is 0.206 e. The zero-order valence-corrected chi connectivity index (χ0v) is 7.39. The number of rotatable bonds is 3. The van der Waals surface area contributed by atoms with Crippen molar-refractivity contribution in [2.45, 2.75) is 33.6 Å². The van der Waals surface area contributed by atoms with E-state index >= 15 is 0 Å². The van der Waals surface area contributed by atoms with E-state index in [1.807, 2.05) is 0 Å². The topological polar surface area (TPSA) is 23.2 Å². The van der Waals surface area contributed by atoms with Crippen LogP contribution >= 0.6 is 0 Å². The van der Waals surface area contributed by atoms with Crippen molar-refractivity contribution in [1.82, 2.24) is 0 Å². The first-order valence-corrected chi connectivity index (χ1v) is 3.87. The van der Waals surface area contributed by atoms with E-state index in [4.69, 9.17) is 5.21 Å². The quantitative estimate of drug-likeness (QED) is 0.278. The van der Waals surface area contributed by atoms with Crippen LogP contribution in [0.1, 0.15) is 33.6 Å². The molecule has 0 aliphatic rings. The fourth-order valence-electron chi connectivity index (χ4n) is 1.08. The van der Waals surface area contributed by atoms with Gasteiger partial charge in [0, 0.05) is 12.3 Å². The Morgan fingerprint density at radius 3 is 2.10 bits per heavy atom. The van der Waals surface area contributed by atoms with Crippen LogP contribution in [0, 0.1) is 5.92 Å². The molecule has 60 valence electrons. The van der Waals surface area contributed by atoms with E-state index < -0.39 is 0 Å². The molecule has 1 N–H and O–H groups in total. The molecule has 0 aliphatic heterocycles. The Bertz CT molecular complexity index is 123. The van der Waals surface area contributed by atoms with Crippen LogP contribution in [0.15, 0.2) is 0 Å². The van der Waals surface area contributed by atoms with Crippen LogP contribution in [0.3, 0.4) is 0 Å². The van der Waals surface area contributed by atoms with Crippen molar-refractivity contribution in [2.24, 2.45) is 5.92 Å². The molecule has 0 radical (unpaired) electrons. The summed E-state index contributed by atoms with van der Waals surface area (Å²) < 4.78 is 1.24. The van der Waals surface area contributed by atoms with Crippen LogP contribution < -0.4 is 0 Å². The van der Waals surface area contributed by atoms with Gasteiger partial charge in [-0.05, 0) is 11.2 Å². The molecule has 10 heavy (non-hydrogen) atoms.